The Labute approximate surface area is 151 Å². The number of hydrogen-bond donors (Lipinski definition) is 1. The van der Waals surface area contributed by atoms with Gasteiger partial charge in [-0.1, -0.05) is 18.2 Å². The molecule has 2 heterocycles. The fourth-order valence-electron chi connectivity index (χ4n) is 3.36. The molecule has 2 aromatic carbocycles. The molecule has 1 N–H and O–H groups in total. The number of carbonyl (C=O) groups excluding carboxylic acids is 1. The lowest BCUT2D eigenvalue weighted by molar-refractivity contribution is 0.0245. The lowest BCUT2D eigenvalue weighted by Crippen LogP contribution is -2.37. The zero-order valence-corrected chi connectivity index (χ0v) is 14.4. The molecule has 4 rings (SSSR count). The van der Waals surface area contributed by atoms with Crippen molar-refractivity contribution in [1.82, 2.24) is 4.98 Å². The van der Waals surface area contributed by atoms with E-state index in [1.807, 2.05) is 36.4 Å². The van der Waals surface area contributed by atoms with Gasteiger partial charge in [-0.15, -0.1) is 0 Å². The second kappa shape index (κ2) is 7.04. The first kappa shape index (κ1) is 16.4. The van der Waals surface area contributed by atoms with E-state index < -0.39 is 0 Å². The number of pyridine rings is 1. The summed E-state index contributed by atoms with van der Waals surface area (Å²) in [6, 6.07) is 18.5. The summed E-state index contributed by atoms with van der Waals surface area (Å²) >= 11 is 0. The maximum Gasteiger partial charge on any atom is 0.338 e. The number of aromatic nitrogens is 1. The Kier molecular flexibility index (Phi) is 4.44. The number of nitrogens with zero attached hydrogens (tertiary/aromatic N) is 1. The summed E-state index contributed by atoms with van der Waals surface area (Å²) in [5, 5.41) is 1.01. The van der Waals surface area contributed by atoms with Crippen molar-refractivity contribution in [2.24, 2.45) is 0 Å². The van der Waals surface area contributed by atoms with E-state index in [9.17, 15) is 9.59 Å². The molecule has 0 amide bonds. The van der Waals surface area contributed by atoms with Gasteiger partial charge in [0.25, 0.3) is 0 Å². The molecule has 0 saturated carbocycles. The molecule has 132 valence electrons. The Bertz CT molecular complexity index is 973. The molecule has 1 aromatic heterocycles. The predicted molar refractivity (Wildman–Crippen MR) is 102 cm³/mol. The minimum absolute atomic E-state index is 0.0456. The third-order valence-electron chi connectivity index (χ3n) is 4.80. The van der Waals surface area contributed by atoms with Crippen LogP contribution >= 0.6 is 0 Å². The predicted octanol–water partition coefficient (Wildman–Crippen LogP) is 3.35. The van der Waals surface area contributed by atoms with Crippen LogP contribution in [0.1, 0.15) is 23.2 Å². The van der Waals surface area contributed by atoms with Crippen molar-refractivity contribution >= 4 is 22.6 Å². The van der Waals surface area contributed by atoms with E-state index in [0.717, 1.165) is 42.5 Å². The van der Waals surface area contributed by atoms with Crippen LogP contribution in [0.4, 0.5) is 5.69 Å². The van der Waals surface area contributed by atoms with E-state index in [4.69, 9.17) is 4.74 Å². The molecule has 5 nitrogen and oxygen atoms in total. The van der Waals surface area contributed by atoms with Crippen LogP contribution < -0.4 is 10.5 Å². The van der Waals surface area contributed by atoms with Gasteiger partial charge in [-0.05, 0) is 36.4 Å². The second-order valence-electron chi connectivity index (χ2n) is 6.55. The summed E-state index contributed by atoms with van der Waals surface area (Å²) in [4.78, 5) is 28.7. The monoisotopic (exact) mass is 348 g/mol. The average molecular weight is 348 g/mol. The highest BCUT2D eigenvalue weighted by atomic mass is 16.5. The highest BCUT2D eigenvalue weighted by Gasteiger charge is 2.23. The van der Waals surface area contributed by atoms with Gasteiger partial charge in [-0.25, -0.2) is 4.79 Å². The molecule has 26 heavy (non-hydrogen) atoms. The molecule has 0 atom stereocenters. The van der Waals surface area contributed by atoms with Crippen molar-refractivity contribution in [1.29, 1.82) is 0 Å². The highest BCUT2D eigenvalue weighted by Crippen LogP contribution is 2.25. The van der Waals surface area contributed by atoms with Gasteiger partial charge >= 0.3 is 5.97 Å². The van der Waals surface area contributed by atoms with Crippen LogP contribution in [0.25, 0.3) is 10.9 Å². The number of hydrogen-bond acceptors (Lipinski definition) is 4. The van der Waals surface area contributed by atoms with Crippen molar-refractivity contribution in [3.8, 4) is 0 Å². The zero-order chi connectivity index (χ0) is 17.9. The number of ether oxygens (including phenoxy) is 1. The minimum Gasteiger partial charge on any atom is -0.459 e. The smallest absolute Gasteiger partial charge is 0.338 e. The molecular formula is C21H20N2O3. The Hall–Kier alpha value is -3.08. The van der Waals surface area contributed by atoms with E-state index >= 15 is 0 Å². The topological polar surface area (TPSA) is 62.4 Å². The lowest BCUT2D eigenvalue weighted by Gasteiger charge is -2.33. The van der Waals surface area contributed by atoms with Crippen molar-refractivity contribution in [3.05, 3.63) is 76.6 Å². The molecule has 1 aliphatic rings. The first-order valence-corrected chi connectivity index (χ1v) is 8.83. The summed E-state index contributed by atoms with van der Waals surface area (Å²) in [6.07, 6.45) is 1.57. The van der Waals surface area contributed by atoms with Crippen LogP contribution in [0.15, 0.2) is 65.5 Å². The van der Waals surface area contributed by atoms with E-state index in [0.29, 0.717) is 5.56 Å². The molecule has 0 radical (unpaired) electrons. The Balaban J connectivity index is 1.40. The molecule has 0 aliphatic carbocycles. The van der Waals surface area contributed by atoms with Crippen LogP contribution in [-0.4, -0.2) is 30.1 Å². The van der Waals surface area contributed by atoms with Gasteiger partial charge in [-0.3, -0.25) is 4.79 Å². The number of fused-ring (bicyclic) bond motifs is 1. The van der Waals surface area contributed by atoms with E-state index in [2.05, 4.69) is 16.0 Å². The summed E-state index contributed by atoms with van der Waals surface area (Å²) in [6.45, 7) is 1.67. The molecule has 0 bridgehead atoms. The van der Waals surface area contributed by atoms with E-state index in [-0.39, 0.29) is 17.6 Å². The number of carbonyl (C=O) groups is 1. The summed E-state index contributed by atoms with van der Waals surface area (Å²) in [5.41, 5.74) is 2.47. The third-order valence-corrected chi connectivity index (χ3v) is 4.80. The van der Waals surface area contributed by atoms with Crippen molar-refractivity contribution < 1.29 is 9.53 Å². The fraction of sp³-hybridized carbons (Fsp3) is 0.238. The highest BCUT2D eigenvalue weighted by molar-refractivity contribution is 5.89. The zero-order valence-electron chi connectivity index (χ0n) is 14.4. The van der Waals surface area contributed by atoms with Gasteiger partial charge in [0, 0.05) is 48.6 Å². The average Bonchev–Trinajstić information content (AvgIpc) is 2.69. The summed E-state index contributed by atoms with van der Waals surface area (Å²) < 4.78 is 5.64. The minimum atomic E-state index is -0.251. The number of nitrogens with one attached hydrogen (secondary N) is 1. The Morgan fingerprint density at radius 3 is 2.54 bits per heavy atom. The van der Waals surface area contributed by atoms with Gasteiger partial charge in [0.15, 0.2) is 0 Å². The fourth-order valence-corrected chi connectivity index (χ4v) is 3.36. The maximum atomic E-state index is 12.2. The lowest BCUT2D eigenvalue weighted by atomic mass is 10.1. The van der Waals surface area contributed by atoms with E-state index in [1.165, 1.54) is 0 Å². The number of piperidine rings is 1. The Morgan fingerprint density at radius 2 is 1.77 bits per heavy atom. The van der Waals surface area contributed by atoms with Gasteiger partial charge < -0.3 is 14.6 Å². The molecular weight excluding hydrogens is 328 g/mol. The van der Waals surface area contributed by atoms with Crippen LogP contribution in [-0.2, 0) is 4.74 Å². The van der Waals surface area contributed by atoms with Gasteiger partial charge in [0.2, 0.25) is 5.56 Å². The first-order valence-electron chi connectivity index (χ1n) is 8.83. The van der Waals surface area contributed by atoms with Crippen molar-refractivity contribution in [3.63, 3.8) is 0 Å². The molecule has 5 heteroatoms. The number of rotatable bonds is 3. The van der Waals surface area contributed by atoms with Gasteiger partial charge in [0.05, 0.1) is 5.56 Å². The van der Waals surface area contributed by atoms with Gasteiger partial charge in [-0.2, -0.15) is 0 Å². The van der Waals surface area contributed by atoms with E-state index in [1.54, 1.807) is 18.2 Å². The molecule has 1 aliphatic heterocycles. The SMILES string of the molecule is O=C(OC1CCN(c2ccc3[nH]c(=O)ccc3c2)CC1)c1ccccc1. The number of anilines is 1. The standard InChI is InChI=1S/C21H20N2O3/c24-20-9-6-16-14-17(7-8-19(16)22-20)23-12-10-18(11-13-23)26-21(25)15-4-2-1-3-5-15/h1-9,14,18H,10-13H2,(H,22,24). The molecule has 1 saturated heterocycles. The van der Waals surface area contributed by atoms with Crippen LogP contribution in [0.5, 0.6) is 0 Å². The van der Waals surface area contributed by atoms with Crippen LogP contribution in [0.3, 0.4) is 0 Å². The normalized spacial score (nSPS) is 15.2. The van der Waals surface area contributed by atoms with Crippen LogP contribution in [0.2, 0.25) is 0 Å². The third kappa shape index (κ3) is 3.47. The maximum absolute atomic E-state index is 12.2. The van der Waals surface area contributed by atoms with Gasteiger partial charge in [0.1, 0.15) is 6.10 Å². The van der Waals surface area contributed by atoms with Crippen LogP contribution in [0, 0.1) is 0 Å². The first-order chi connectivity index (χ1) is 12.7. The van der Waals surface area contributed by atoms with Crippen molar-refractivity contribution in [2.75, 3.05) is 18.0 Å². The quantitative estimate of drug-likeness (QED) is 0.737. The number of esters is 1. The van der Waals surface area contributed by atoms with Crippen molar-refractivity contribution in [2.45, 2.75) is 18.9 Å². The summed E-state index contributed by atoms with van der Waals surface area (Å²) in [5.74, 6) is -0.251. The molecule has 0 spiro atoms. The molecule has 3 aromatic rings. The molecule has 1 fully saturated rings. The number of aromatic amines is 1. The second-order valence-corrected chi connectivity index (χ2v) is 6.55. The summed E-state index contributed by atoms with van der Waals surface area (Å²) in [7, 11) is 0. The Morgan fingerprint density at radius 1 is 1.00 bits per heavy atom. The largest absolute Gasteiger partial charge is 0.459 e. The molecule has 0 unspecified atom stereocenters. The number of benzene rings is 2. The number of H-pyrrole nitrogens is 1.